The second-order valence-corrected chi connectivity index (χ2v) is 7.35. The van der Waals surface area contributed by atoms with Gasteiger partial charge in [0.1, 0.15) is 17.2 Å². The van der Waals surface area contributed by atoms with Gasteiger partial charge in [-0.1, -0.05) is 90.5 Å². The van der Waals surface area contributed by atoms with Crippen molar-refractivity contribution < 1.29 is 15.3 Å². The van der Waals surface area contributed by atoms with Crippen LogP contribution in [-0.2, 0) is 0 Å². The van der Waals surface area contributed by atoms with E-state index < -0.39 is 0 Å². The molecule has 32 heavy (non-hydrogen) atoms. The second-order valence-electron chi connectivity index (χ2n) is 7.35. The Balaban J connectivity index is 0.000000181. The maximum Gasteiger partial charge on any atom is 0.115 e. The summed E-state index contributed by atoms with van der Waals surface area (Å²) in [5.41, 5.74) is 5.57. The van der Waals surface area contributed by atoms with Gasteiger partial charge in [0.05, 0.1) is 0 Å². The molecule has 160 valence electrons. The fraction of sp³-hybridized carbons (Fsp3) is 0.0345. The van der Waals surface area contributed by atoms with Crippen LogP contribution >= 0.6 is 0 Å². The predicted molar refractivity (Wildman–Crippen MR) is 133 cm³/mol. The minimum Gasteiger partial charge on any atom is -0.508 e. The van der Waals surface area contributed by atoms with Crippen molar-refractivity contribution in [1.82, 2.24) is 0 Å². The first-order valence-corrected chi connectivity index (χ1v) is 10.3. The van der Waals surface area contributed by atoms with E-state index in [0.29, 0.717) is 5.75 Å². The average Bonchev–Trinajstić information content (AvgIpc) is 2.81. The molecule has 4 aromatic rings. The minimum atomic E-state index is 0.266. The van der Waals surface area contributed by atoms with Gasteiger partial charge in [0, 0.05) is 0 Å². The molecule has 4 rings (SSSR count). The molecule has 0 saturated heterocycles. The van der Waals surface area contributed by atoms with Gasteiger partial charge in [-0.25, -0.2) is 0 Å². The molecule has 4 aromatic carbocycles. The highest BCUT2D eigenvalue weighted by molar-refractivity contribution is 5.70. The molecule has 0 saturated carbocycles. The summed E-state index contributed by atoms with van der Waals surface area (Å²) in [6.45, 7) is 2.08. The van der Waals surface area contributed by atoms with Crippen LogP contribution in [0.5, 0.6) is 17.2 Å². The third-order valence-corrected chi connectivity index (χ3v) is 4.69. The van der Waals surface area contributed by atoms with Gasteiger partial charge in [-0.15, -0.1) is 0 Å². The number of phenolic OH excluding ortho intramolecular Hbond substituents is 3. The first-order chi connectivity index (χ1) is 15.5. The van der Waals surface area contributed by atoms with Gasteiger partial charge in [-0.2, -0.15) is 0 Å². The molecule has 0 aliphatic rings. The Morgan fingerprint density at radius 1 is 0.375 bits per heavy atom. The summed E-state index contributed by atoms with van der Waals surface area (Å²) in [6.07, 6.45) is 7.99. The Hall–Kier alpha value is -4.24. The van der Waals surface area contributed by atoms with Gasteiger partial charge >= 0.3 is 0 Å². The molecule has 3 N–H and O–H groups in total. The number of aromatic hydroxyl groups is 3. The Bertz CT molecular complexity index is 961. The summed E-state index contributed by atoms with van der Waals surface area (Å²) in [5.74, 6) is 0.830. The largest absolute Gasteiger partial charge is 0.508 e. The van der Waals surface area contributed by atoms with Gasteiger partial charge in [0.25, 0.3) is 0 Å². The van der Waals surface area contributed by atoms with Crippen molar-refractivity contribution >= 4 is 24.3 Å². The van der Waals surface area contributed by atoms with Crippen molar-refractivity contribution in [2.75, 3.05) is 0 Å². The Kier molecular flexibility index (Phi) is 7.88. The van der Waals surface area contributed by atoms with Gasteiger partial charge in [-0.05, 0) is 65.6 Å². The van der Waals surface area contributed by atoms with E-state index in [0.717, 1.165) is 16.7 Å². The third-order valence-electron chi connectivity index (χ3n) is 4.69. The smallest absolute Gasteiger partial charge is 0.115 e. The summed E-state index contributed by atoms with van der Waals surface area (Å²) in [6, 6.07) is 29.5. The van der Waals surface area contributed by atoms with Crippen LogP contribution in [0, 0.1) is 6.92 Å². The van der Waals surface area contributed by atoms with E-state index in [1.54, 1.807) is 36.4 Å². The Morgan fingerprint density at radius 2 is 0.594 bits per heavy atom. The van der Waals surface area contributed by atoms with Crippen molar-refractivity contribution in [2.45, 2.75) is 6.92 Å². The lowest BCUT2D eigenvalue weighted by Gasteiger charge is -1.96. The number of phenols is 3. The zero-order chi connectivity index (χ0) is 22.8. The molecule has 0 amide bonds. The molecule has 0 atom stereocenters. The Labute approximate surface area is 188 Å². The van der Waals surface area contributed by atoms with Gasteiger partial charge in [-0.3, -0.25) is 0 Å². The summed E-state index contributed by atoms with van der Waals surface area (Å²) in [5, 5.41) is 27.4. The quantitative estimate of drug-likeness (QED) is 0.306. The molecule has 0 aliphatic heterocycles. The van der Waals surface area contributed by atoms with Crippen LogP contribution in [0.2, 0.25) is 0 Å². The molecule has 0 fully saturated rings. The van der Waals surface area contributed by atoms with Crippen LogP contribution in [-0.4, -0.2) is 15.3 Å². The van der Waals surface area contributed by atoms with Crippen LogP contribution < -0.4 is 0 Å². The van der Waals surface area contributed by atoms with Gasteiger partial charge < -0.3 is 15.3 Å². The molecule has 0 unspecified atom stereocenters. The number of rotatable bonds is 4. The molecule has 0 aliphatic carbocycles. The van der Waals surface area contributed by atoms with Crippen molar-refractivity contribution in [2.24, 2.45) is 0 Å². The topological polar surface area (TPSA) is 60.7 Å². The van der Waals surface area contributed by atoms with E-state index in [9.17, 15) is 0 Å². The Morgan fingerprint density at radius 3 is 0.844 bits per heavy atom. The molecule has 0 radical (unpaired) electrons. The molecule has 0 bridgehead atoms. The lowest BCUT2D eigenvalue weighted by molar-refractivity contribution is 0.474. The van der Waals surface area contributed by atoms with Crippen molar-refractivity contribution in [3.63, 3.8) is 0 Å². The first kappa shape index (κ1) is 22.4. The molecular weight excluding hydrogens is 396 g/mol. The second kappa shape index (κ2) is 11.2. The van der Waals surface area contributed by atoms with E-state index in [1.165, 1.54) is 11.1 Å². The predicted octanol–water partition coefficient (Wildman–Crippen LogP) is 7.14. The highest BCUT2D eigenvalue weighted by atomic mass is 16.3. The lowest BCUT2D eigenvalue weighted by Crippen LogP contribution is -1.74. The monoisotopic (exact) mass is 422 g/mol. The maximum atomic E-state index is 9.15. The number of hydrogen-bond donors (Lipinski definition) is 3. The van der Waals surface area contributed by atoms with Crippen molar-refractivity contribution in [1.29, 1.82) is 0 Å². The molecule has 3 heteroatoms. The van der Waals surface area contributed by atoms with Crippen LogP contribution in [0.1, 0.15) is 27.8 Å². The molecular formula is C29H26O3. The van der Waals surface area contributed by atoms with Crippen molar-refractivity contribution in [3.05, 3.63) is 125 Å². The van der Waals surface area contributed by atoms with Crippen LogP contribution in [0.15, 0.2) is 97.1 Å². The molecule has 0 aromatic heterocycles. The summed E-state index contributed by atoms with van der Waals surface area (Å²) < 4.78 is 0. The van der Waals surface area contributed by atoms with Crippen LogP contribution in [0.25, 0.3) is 24.3 Å². The first-order valence-electron chi connectivity index (χ1n) is 10.3. The number of aryl methyl sites for hydroxylation is 1. The number of hydrogen-bond acceptors (Lipinski definition) is 3. The zero-order valence-corrected chi connectivity index (χ0v) is 17.9. The summed E-state index contributed by atoms with van der Waals surface area (Å²) in [7, 11) is 0. The fourth-order valence-corrected chi connectivity index (χ4v) is 2.82. The average molecular weight is 423 g/mol. The van der Waals surface area contributed by atoms with Crippen LogP contribution in [0.4, 0.5) is 0 Å². The third kappa shape index (κ3) is 7.54. The highest BCUT2D eigenvalue weighted by Gasteiger charge is 1.91. The normalized spacial score (nSPS) is 10.8. The van der Waals surface area contributed by atoms with E-state index in [4.69, 9.17) is 15.3 Å². The number of benzene rings is 4. The van der Waals surface area contributed by atoms with Gasteiger partial charge in [0.2, 0.25) is 0 Å². The standard InChI is InChI=1S/C15H14O.C14H12O2/c1-12-2-4-13(5-3-12)6-7-14-8-10-15(16)11-9-14;15-13-7-3-11(4-8-13)1-2-12-5-9-14(16)10-6-12/h2-11,16H,1H3;1-10,15-16H/b7-6+;2-1-. The van der Waals surface area contributed by atoms with Gasteiger partial charge in [0.15, 0.2) is 0 Å². The van der Waals surface area contributed by atoms with E-state index in [2.05, 4.69) is 37.3 Å². The molecule has 3 nitrogen and oxygen atoms in total. The summed E-state index contributed by atoms with van der Waals surface area (Å²) >= 11 is 0. The van der Waals surface area contributed by atoms with Crippen molar-refractivity contribution in [3.8, 4) is 17.2 Å². The van der Waals surface area contributed by atoms with E-state index in [-0.39, 0.29) is 11.5 Å². The SMILES string of the molecule is Cc1ccc(/C=C/c2ccc(O)cc2)cc1.Oc1ccc(/C=C\c2ccc(O)cc2)cc1. The highest BCUT2D eigenvalue weighted by Crippen LogP contribution is 2.15. The molecule has 0 heterocycles. The molecule has 0 spiro atoms. The zero-order valence-electron chi connectivity index (χ0n) is 17.9. The maximum absolute atomic E-state index is 9.15. The van der Waals surface area contributed by atoms with Crippen LogP contribution in [0.3, 0.4) is 0 Å². The minimum absolute atomic E-state index is 0.266. The fourth-order valence-electron chi connectivity index (χ4n) is 2.82. The van der Waals surface area contributed by atoms with E-state index >= 15 is 0 Å². The lowest BCUT2D eigenvalue weighted by atomic mass is 10.1. The van der Waals surface area contributed by atoms with E-state index in [1.807, 2.05) is 54.6 Å². The summed E-state index contributed by atoms with van der Waals surface area (Å²) in [4.78, 5) is 0.